The molecule has 90 valence electrons. The summed E-state index contributed by atoms with van der Waals surface area (Å²) in [4.78, 5) is 10.4. The van der Waals surface area contributed by atoms with Crippen LogP contribution >= 0.6 is 0 Å². The molecule has 0 aliphatic rings. The summed E-state index contributed by atoms with van der Waals surface area (Å²) in [7, 11) is 0. The van der Waals surface area contributed by atoms with Crippen molar-refractivity contribution >= 4 is 0 Å². The maximum absolute atomic E-state index is 10.7. The SMILES string of the molecule is Cc1cc(C)n(C(C[N+](=O)[O-])c2ccco2)n1. The van der Waals surface area contributed by atoms with E-state index in [4.69, 9.17) is 4.42 Å². The largest absolute Gasteiger partial charge is 0.467 e. The summed E-state index contributed by atoms with van der Waals surface area (Å²) in [5.41, 5.74) is 1.72. The summed E-state index contributed by atoms with van der Waals surface area (Å²) in [5.74, 6) is 0.549. The Labute approximate surface area is 98.0 Å². The van der Waals surface area contributed by atoms with E-state index < -0.39 is 6.04 Å². The molecule has 2 aromatic heterocycles. The maximum Gasteiger partial charge on any atom is 0.233 e. The van der Waals surface area contributed by atoms with Crippen molar-refractivity contribution in [3.05, 3.63) is 51.7 Å². The van der Waals surface area contributed by atoms with Gasteiger partial charge in [0.15, 0.2) is 6.04 Å². The summed E-state index contributed by atoms with van der Waals surface area (Å²) in [5, 5.41) is 15.0. The van der Waals surface area contributed by atoms with Crippen LogP contribution in [0.2, 0.25) is 0 Å². The van der Waals surface area contributed by atoms with Gasteiger partial charge in [0.25, 0.3) is 0 Å². The first kappa shape index (κ1) is 11.4. The summed E-state index contributed by atoms with van der Waals surface area (Å²) in [6.07, 6.45) is 1.51. The Kier molecular flexibility index (Phi) is 2.95. The molecule has 0 saturated carbocycles. The second-order valence-corrected chi connectivity index (χ2v) is 3.92. The summed E-state index contributed by atoms with van der Waals surface area (Å²) in [6.45, 7) is 3.49. The molecule has 17 heavy (non-hydrogen) atoms. The maximum atomic E-state index is 10.7. The highest BCUT2D eigenvalue weighted by atomic mass is 16.6. The third kappa shape index (κ3) is 2.35. The van der Waals surface area contributed by atoms with Crippen molar-refractivity contribution in [3.63, 3.8) is 0 Å². The van der Waals surface area contributed by atoms with Crippen molar-refractivity contribution in [2.75, 3.05) is 6.54 Å². The van der Waals surface area contributed by atoms with Gasteiger partial charge in [-0.25, -0.2) is 0 Å². The van der Waals surface area contributed by atoms with Crippen LogP contribution in [0.25, 0.3) is 0 Å². The lowest BCUT2D eigenvalue weighted by Gasteiger charge is -2.12. The second kappa shape index (κ2) is 4.40. The summed E-state index contributed by atoms with van der Waals surface area (Å²) in [6, 6.07) is 4.84. The van der Waals surface area contributed by atoms with Gasteiger partial charge in [-0.3, -0.25) is 14.8 Å². The van der Waals surface area contributed by atoms with Gasteiger partial charge >= 0.3 is 0 Å². The Balaban J connectivity index is 2.40. The molecule has 1 atom stereocenters. The van der Waals surface area contributed by atoms with E-state index in [-0.39, 0.29) is 11.5 Å². The molecule has 0 radical (unpaired) electrons. The van der Waals surface area contributed by atoms with E-state index in [0.717, 1.165) is 11.4 Å². The molecule has 1 unspecified atom stereocenters. The van der Waals surface area contributed by atoms with Crippen molar-refractivity contribution in [1.29, 1.82) is 0 Å². The zero-order valence-electron chi connectivity index (χ0n) is 9.66. The number of aryl methyl sites for hydroxylation is 2. The molecule has 0 spiro atoms. The highest BCUT2D eigenvalue weighted by Crippen LogP contribution is 2.20. The zero-order chi connectivity index (χ0) is 12.4. The fraction of sp³-hybridized carbons (Fsp3) is 0.364. The molecule has 0 N–H and O–H groups in total. The van der Waals surface area contributed by atoms with E-state index in [1.165, 1.54) is 6.26 Å². The zero-order valence-corrected chi connectivity index (χ0v) is 9.66. The molecule has 0 amide bonds. The molecule has 6 nitrogen and oxygen atoms in total. The first-order chi connectivity index (χ1) is 8.08. The average molecular weight is 235 g/mol. The summed E-state index contributed by atoms with van der Waals surface area (Å²) >= 11 is 0. The average Bonchev–Trinajstić information content (AvgIpc) is 2.84. The first-order valence-electron chi connectivity index (χ1n) is 5.26. The monoisotopic (exact) mass is 235 g/mol. The van der Waals surface area contributed by atoms with Gasteiger partial charge in [0.2, 0.25) is 6.54 Å². The molecule has 0 aliphatic heterocycles. The van der Waals surface area contributed by atoms with Gasteiger partial charge in [-0.05, 0) is 32.0 Å². The number of nitrogens with zero attached hydrogens (tertiary/aromatic N) is 3. The van der Waals surface area contributed by atoms with Gasteiger partial charge in [-0.1, -0.05) is 0 Å². The molecular weight excluding hydrogens is 222 g/mol. The van der Waals surface area contributed by atoms with Crippen molar-refractivity contribution in [2.45, 2.75) is 19.9 Å². The Morgan fingerprint density at radius 2 is 2.35 bits per heavy atom. The van der Waals surface area contributed by atoms with Crippen LogP contribution in [-0.2, 0) is 0 Å². The van der Waals surface area contributed by atoms with Gasteiger partial charge in [0.05, 0.1) is 12.0 Å². The third-order valence-corrected chi connectivity index (χ3v) is 2.53. The number of furan rings is 1. The van der Waals surface area contributed by atoms with Gasteiger partial charge in [0.1, 0.15) is 5.76 Å². The molecule has 0 aliphatic carbocycles. The molecule has 2 heterocycles. The lowest BCUT2D eigenvalue weighted by Crippen LogP contribution is -2.21. The number of hydrogen-bond donors (Lipinski definition) is 0. The van der Waals surface area contributed by atoms with E-state index in [1.807, 2.05) is 19.9 Å². The number of rotatable bonds is 4. The highest BCUT2D eigenvalue weighted by molar-refractivity contribution is 5.13. The van der Waals surface area contributed by atoms with Crippen molar-refractivity contribution in [3.8, 4) is 0 Å². The van der Waals surface area contributed by atoms with Gasteiger partial charge in [0, 0.05) is 10.6 Å². The van der Waals surface area contributed by atoms with Crippen LogP contribution in [0.1, 0.15) is 23.2 Å². The quantitative estimate of drug-likeness (QED) is 0.599. The fourth-order valence-electron chi connectivity index (χ4n) is 1.87. The van der Waals surface area contributed by atoms with Crippen molar-refractivity contribution in [1.82, 2.24) is 9.78 Å². The predicted octanol–water partition coefficient (Wildman–Crippen LogP) is 1.96. The van der Waals surface area contributed by atoms with E-state index >= 15 is 0 Å². The molecule has 0 fully saturated rings. The van der Waals surface area contributed by atoms with Crippen LogP contribution in [0.3, 0.4) is 0 Å². The van der Waals surface area contributed by atoms with Crippen molar-refractivity contribution in [2.24, 2.45) is 0 Å². The minimum absolute atomic E-state index is 0.241. The second-order valence-electron chi connectivity index (χ2n) is 3.92. The van der Waals surface area contributed by atoms with E-state index in [2.05, 4.69) is 5.10 Å². The molecule has 0 bridgehead atoms. The molecule has 6 heteroatoms. The molecule has 0 saturated heterocycles. The minimum atomic E-state index is -0.492. The Hall–Kier alpha value is -2.11. The predicted molar refractivity (Wildman–Crippen MR) is 60.4 cm³/mol. The molecule has 2 rings (SSSR count). The van der Waals surface area contributed by atoms with Gasteiger partial charge in [-0.2, -0.15) is 5.10 Å². The Morgan fingerprint density at radius 3 is 2.82 bits per heavy atom. The van der Waals surface area contributed by atoms with Crippen LogP contribution < -0.4 is 0 Å². The van der Waals surface area contributed by atoms with Crippen LogP contribution in [0, 0.1) is 24.0 Å². The standard InChI is InChI=1S/C11H13N3O3/c1-8-6-9(2)14(12-8)10(7-13(15)16)11-4-3-5-17-11/h3-6,10H,7H2,1-2H3. The molecule has 0 aromatic carbocycles. The number of hydrogen-bond acceptors (Lipinski definition) is 4. The fourth-order valence-corrected chi connectivity index (χ4v) is 1.87. The lowest BCUT2D eigenvalue weighted by molar-refractivity contribution is -0.485. The van der Waals surface area contributed by atoms with E-state index in [0.29, 0.717) is 5.76 Å². The Morgan fingerprint density at radius 1 is 1.59 bits per heavy atom. The van der Waals surface area contributed by atoms with E-state index in [1.54, 1.807) is 16.8 Å². The topological polar surface area (TPSA) is 74.1 Å². The van der Waals surface area contributed by atoms with Gasteiger partial charge < -0.3 is 4.42 Å². The molecular formula is C11H13N3O3. The van der Waals surface area contributed by atoms with Crippen molar-refractivity contribution < 1.29 is 9.34 Å². The number of nitro groups is 1. The van der Waals surface area contributed by atoms with Crippen LogP contribution in [0.5, 0.6) is 0 Å². The Bertz CT molecular complexity index is 516. The minimum Gasteiger partial charge on any atom is -0.467 e. The van der Waals surface area contributed by atoms with Crippen LogP contribution in [0.15, 0.2) is 28.9 Å². The highest BCUT2D eigenvalue weighted by Gasteiger charge is 2.24. The normalized spacial score (nSPS) is 12.6. The number of aromatic nitrogens is 2. The smallest absolute Gasteiger partial charge is 0.233 e. The van der Waals surface area contributed by atoms with Crippen LogP contribution in [-0.4, -0.2) is 21.2 Å². The lowest BCUT2D eigenvalue weighted by atomic mass is 10.2. The van der Waals surface area contributed by atoms with Crippen LogP contribution in [0.4, 0.5) is 0 Å². The van der Waals surface area contributed by atoms with Gasteiger partial charge in [-0.15, -0.1) is 0 Å². The third-order valence-electron chi connectivity index (χ3n) is 2.53. The summed E-state index contributed by atoms with van der Waals surface area (Å²) < 4.78 is 6.89. The molecule has 2 aromatic rings. The first-order valence-corrected chi connectivity index (χ1v) is 5.26. The van der Waals surface area contributed by atoms with E-state index in [9.17, 15) is 10.1 Å².